The van der Waals surface area contributed by atoms with E-state index >= 15 is 0 Å². The highest BCUT2D eigenvalue weighted by Crippen LogP contribution is 2.33. The summed E-state index contributed by atoms with van der Waals surface area (Å²) in [6, 6.07) is 13.3. The van der Waals surface area contributed by atoms with Gasteiger partial charge in [-0.3, -0.25) is 0 Å². The van der Waals surface area contributed by atoms with Crippen molar-refractivity contribution in [1.82, 2.24) is 5.32 Å². The van der Waals surface area contributed by atoms with Gasteiger partial charge in [0, 0.05) is 18.7 Å². The lowest BCUT2D eigenvalue weighted by atomic mass is 10.1. The molecule has 0 bridgehead atoms. The fraction of sp³-hybridized carbons (Fsp3) is 0.333. The lowest BCUT2D eigenvalue weighted by Crippen LogP contribution is -2.23. The average molecular weight is 315 g/mol. The standard InChI is InChI=1S/C18H21NO4/c1-21-15-7-5-13(6-8-15)16(20)12-19-11-14-3-2-4-17-18(14)23-10-9-22-17/h2-8,16,19-20H,9-12H2,1H3/t16-/m1/s1. The number of rotatable bonds is 6. The second-order valence-corrected chi connectivity index (χ2v) is 5.36. The number of fused-ring (bicyclic) bond motifs is 1. The Bertz CT molecular complexity index is 642. The Morgan fingerprint density at radius 1 is 1.13 bits per heavy atom. The first-order valence-electron chi connectivity index (χ1n) is 7.68. The van der Waals surface area contributed by atoms with E-state index in [0.717, 1.165) is 28.4 Å². The molecule has 23 heavy (non-hydrogen) atoms. The van der Waals surface area contributed by atoms with Crippen molar-refractivity contribution in [1.29, 1.82) is 0 Å². The topological polar surface area (TPSA) is 60.0 Å². The van der Waals surface area contributed by atoms with Gasteiger partial charge in [0.2, 0.25) is 0 Å². The number of hydrogen-bond donors (Lipinski definition) is 2. The Morgan fingerprint density at radius 2 is 1.91 bits per heavy atom. The second kappa shape index (κ2) is 7.35. The SMILES string of the molecule is COc1ccc([C@H](O)CNCc2cccc3c2OCCO3)cc1. The summed E-state index contributed by atoms with van der Waals surface area (Å²) in [5.41, 5.74) is 1.89. The van der Waals surface area contributed by atoms with E-state index in [2.05, 4.69) is 5.32 Å². The third kappa shape index (κ3) is 3.75. The van der Waals surface area contributed by atoms with Gasteiger partial charge in [0.25, 0.3) is 0 Å². The van der Waals surface area contributed by atoms with Crippen LogP contribution in [0, 0.1) is 0 Å². The summed E-state index contributed by atoms with van der Waals surface area (Å²) in [7, 11) is 1.62. The number of hydrogen-bond acceptors (Lipinski definition) is 5. The first-order chi connectivity index (χ1) is 11.3. The van der Waals surface area contributed by atoms with Crippen LogP contribution in [0.5, 0.6) is 17.2 Å². The quantitative estimate of drug-likeness (QED) is 0.856. The molecular weight excluding hydrogens is 294 g/mol. The fourth-order valence-electron chi connectivity index (χ4n) is 2.56. The van der Waals surface area contributed by atoms with Crippen LogP contribution in [0.1, 0.15) is 17.2 Å². The Hall–Kier alpha value is -2.24. The molecule has 2 N–H and O–H groups in total. The average Bonchev–Trinajstić information content (AvgIpc) is 2.62. The summed E-state index contributed by atoms with van der Waals surface area (Å²) in [6.07, 6.45) is -0.572. The number of aliphatic hydroxyl groups excluding tert-OH is 1. The van der Waals surface area contributed by atoms with Crippen LogP contribution in [0.3, 0.4) is 0 Å². The molecule has 0 unspecified atom stereocenters. The van der Waals surface area contributed by atoms with E-state index in [4.69, 9.17) is 14.2 Å². The van der Waals surface area contributed by atoms with Gasteiger partial charge in [-0.2, -0.15) is 0 Å². The van der Waals surface area contributed by atoms with Crippen molar-refractivity contribution in [2.24, 2.45) is 0 Å². The predicted octanol–water partition coefficient (Wildman–Crippen LogP) is 2.29. The van der Waals surface area contributed by atoms with Crippen LogP contribution in [-0.4, -0.2) is 32.0 Å². The molecule has 122 valence electrons. The molecule has 0 amide bonds. The molecule has 0 radical (unpaired) electrons. The molecule has 0 aromatic heterocycles. The minimum absolute atomic E-state index is 0.455. The van der Waals surface area contributed by atoms with Crippen LogP contribution >= 0.6 is 0 Å². The van der Waals surface area contributed by atoms with E-state index in [1.165, 1.54) is 0 Å². The zero-order chi connectivity index (χ0) is 16.1. The van der Waals surface area contributed by atoms with Crippen molar-refractivity contribution >= 4 is 0 Å². The molecule has 0 spiro atoms. The van der Waals surface area contributed by atoms with Gasteiger partial charge < -0.3 is 24.6 Å². The zero-order valence-electron chi connectivity index (χ0n) is 13.1. The van der Waals surface area contributed by atoms with Crippen molar-refractivity contribution in [3.8, 4) is 17.2 Å². The summed E-state index contributed by atoms with van der Waals surface area (Å²) >= 11 is 0. The smallest absolute Gasteiger partial charge is 0.165 e. The molecule has 5 heteroatoms. The molecule has 1 atom stereocenters. The number of aliphatic hydroxyl groups is 1. The Kier molecular flexibility index (Phi) is 5.00. The third-order valence-corrected chi connectivity index (χ3v) is 3.80. The molecule has 1 aliphatic heterocycles. The number of ether oxygens (including phenoxy) is 3. The lowest BCUT2D eigenvalue weighted by molar-refractivity contribution is 0.166. The highest BCUT2D eigenvalue weighted by molar-refractivity contribution is 5.47. The number of benzene rings is 2. The van der Waals surface area contributed by atoms with Gasteiger partial charge in [-0.05, 0) is 23.8 Å². The monoisotopic (exact) mass is 315 g/mol. The second-order valence-electron chi connectivity index (χ2n) is 5.36. The maximum absolute atomic E-state index is 10.2. The molecule has 0 saturated heterocycles. The van der Waals surface area contributed by atoms with Gasteiger partial charge in [-0.15, -0.1) is 0 Å². The van der Waals surface area contributed by atoms with E-state index in [9.17, 15) is 5.11 Å². The summed E-state index contributed by atoms with van der Waals surface area (Å²) < 4.78 is 16.4. The molecule has 1 aliphatic rings. The normalized spacial score (nSPS) is 14.3. The molecule has 0 saturated carbocycles. The summed E-state index contributed by atoms with van der Waals surface area (Å²) in [5.74, 6) is 2.36. The minimum atomic E-state index is -0.572. The first kappa shape index (κ1) is 15.6. The first-order valence-corrected chi connectivity index (χ1v) is 7.68. The lowest BCUT2D eigenvalue weighted by Gasteiger charge is -2.21. The highest BCUT2D eigenvalue weighted by atomic mass is 16.6. The van der Waals surface area contributed by atoms with Crippen molar-refractivity contribution in [2.75, 3.05) is 26.9 Å². The summed E-state index contributed by atoms with van der Waals surface area (Å²) in [6.45, 7) is 2.22. The molecule has 2 aromatic carbocycles. The Morgan fingerprint density at radius 3 is 2.70 bits per heavy atom. The van der Waals surface area contributed by atoms with Crippen molar-refractivity contribution in [2.45, 2.75) is 12.6 Å². The summed E-state index contributed by atoms with van der Waals surface area (Å²) in [5, 5.41) is 13.5. The third-order valence-electron chi connectivity index (χ3n) is 3.80. The molecular formula is C18H21NO4. The van der Waals surface area contributed by atoms with E-state index in [1.807, 2.05) is 42.5 Å². The minimum Gasteiger partial charge on any atom is -0.497 e. The van der Waals surface area contributed by atoms with Gasteiger partial charge in [0.15, 0.2) is 11.5 Å². The maximum atomic E-state index is 10.2. The van der Waals surface area contributed by atoms with Crippen molar-refractivity contribution < 1.29 is 19.3 Å². The summed E-state index contributed by atoms with van der Waals surface area (Å²) in [4.78, 5) is 0. The van der Waals surface area contributed by atoms with Crippen molar-refractivity contribution in [3.05, 3.63) is 53.6 Å². The largest absolute Gasteiger partial charge is 0.497 e. The molecule has 0 fully saturated rings. The van der Waals surface area contributed by atoms with Crippen LogP contribution in [-0.2, 0) is 6.54 Å². The van der Waals surface area contributed by atoms with E-state index in [0.29, 0.717) is 26.3 Å². The molecule has 2 aromatic rings. The van der Waals surface area contributed by atoms with E-state index in [-0.39, 0.29) is 0 Å². The van der Waals surface area contributed by atoms with Gasteiger partial charge >= 0.3 is 0 Å². The van der Waals surface area contributed by atoms with E-state index in [1.54, 1.807) is 7.11 Å². The number of para-hydroxylation sites is 1. The zero-order valence-corrected chi connectivity index (χ0v) is 13.1. The van der Waals surface area contributed by atoms with Crippen LogP contribution in [0.25, 0.3) is 0 Å². The van der Waals surface area contributed by atoms with Crippen molar-refractivity contribution in [3.63, 3.8) is 0 Å². The highest BCUT2D eigenvalue weighted by Gasteiger charge is 2.15. The van der Waals surface area contributed by atoms with Crippen LogP contribution in [0.4, 0.5) is 0 Å². The Labute approximate surface area is 135 Å². The molecule has 5 nitrogen and oxygen atoms in total. The fourth-order valence-corrected chi connectivity index (χ4v) is 2.56. The van der Waals surface area contributed by atoms with Gasteiger partial charge in [-0.25, -0.2) is 0 Å². The Balaban J connectivity index is 1.56. The van der Waals surface area contributed by atoms with Gasteiger partial charge in [0.1, 0.15) is 19.0 Å². The number of nitrogens with one attached hydrogen (secondary N) is 1. The van der Waals surface area contributed by atoms with E-state index < -0.39 is 6.10 Å². The molecule has 0 aliphatic carbocycles. The van der Waals surface area contributed by atoms with Crippen LogP contribution in [0.2, 0.25) is 0 Å². The number of methoxy groups -OCH3 is 1. The maximum Gasteiger partial charge on any atom is 0.165 e. The molecule has 3 rings (SSSR count). The van der Waals surface area contributed by atoms with Gasteiger partial charge in [-0.1, -0.05) is 24.3 Å². The van der Waals surface area contributed by atoms with Gasteiger partial charge in [0.05, 0.1) is 13.2 Å². The van der Waals surface area contributed by atoms with Crippen LogP contribution in [0.15, 0.2) is 42.5 Å². The molecule has 1 heterocycles. The predicted molar refractivity (Wildman–Crippen MR) is 87.1 cm³/mol. The van der Waals surface area contributed by atoms with Crippen LogP contribution < -0.4 is 19.5 Å².